The number of amidine groups is 1. The summed E-state index contributed by atoms with van der Waals surface area (Å²) in [5.41, 5.74) is 11.4. The summed E-state index contributed by atoms with van der Waals surface area (Å²) in [7, 11) is 0. The molecule has 1 aromatic heterocycles. The number of hydrazine groups is 1. The first kappa shape index (κ1) is 19.5. The highest BCUT2D eigenvalue weighted by Crippen LogP contribution is 2.26. The number of hydrogen-bond acceptors (Lipinski definition) is 4. The predicted molar refractivity (Wildman–Crippen MR) is 126 cm³/mol. The second-order valence-electron chi connectivity index (χ2n) is 7.51. The molecule has 6 heteroatoms. The molecule has 5 rings (SSSR count). The van der Waals surface area contributed by atoms with Gasteiger partial charge in [0.1, 0.15) is 11.4 Å². The summed E-state index contributed by atoms with van der Waals surface area (Å²) < 4.78 is 1.82. The standard InChI is InChI=1S/C26H21N5O/c1-18-12-14-20(15-13-18)25-27-23(26(32)29-28-25)16-21-17-31(22-10-6-3-7-11-22)30-24(21)19-8-4-2-5-9-19/h2-17H,1H3,(H,27,28)(H,29,32)/b23-16+. The Kier molecular flexibility index (Phi) is 5.09. The predicted octanol–water partition coefficient (Wildman–Crippen LogP) is 4.27. The van der Waals surface area contributed by atoms with Gasteiger partial charge >= 0.3 is 0 Å². The van der Waals surface area contributed by atoms with Gasteiger partial charge in [-0.3, -0.25) is 15.6 Å². The van der Waals surface area contributed by atoms with Gasteiger partial charge in [-0.25, -0.2) is 9.67 Å². The molecule has 1 amide bonds. The Morgan fingerprint density at radius 1 is 0.812 bits per heavy atom. The van der Waals surface area contributed by atoms with Crippen LogP contribution in [0.3, 0.4) is 0 Å². The lowest BCUT2D eigenvalue weighted by atomic mass is 10.1. The lowest BCUT2D eigenvalue weighted by molar-refractivity contribution is -0.118. The summed E-state index contributed by atoms with van der Waals surface area (Å²) in [6.45, 7) is 2.03. The number of nitrogens with one attached hydrogen (secondary N) is 2. The third kappa shape index (κ3) is 3.94. The SMILES string of the molecule is Cc1ccc(C2=N/C(=C/c3cn(-c4ccccc4)nc3-c3ccccc3)C(=O)NN2)cc1. The van der Waals surface area contributed by atoms with Gasteiger partial charge in [-0.2, -0.15) is 5.10 Å². The van der Waals surface area contributed by atoms with Crippen LogP contribution in [0.5, 0.6) is 0 Å². The fourth-order valence-electron chi connectivity index (χ4n) is 3.50. The zero-order chi connectivity index (χ0) is 21.9. The Labute approximate surface area is 185 Å². The summed E-state index contributed by atoms with van der Waals surface area (Å²) in [6, 6.07) is 27.8. The van der Waals surface area contributed by atoms with Crippen LogP contribution in [0, 0.1) is 6.92 Å². The minimum absolute atomic E-state index is 0.299. The second-order valence-corrected chi connectivity index (χ2v) is 7.51. The molecule has 32 heavy (non-hydrogen) atoms. The summed E-state index contributed by atoms with van der Waals surface area (Å²) in [4.78, 5) is 17.2. The Morgan fingerprint density at radius 2 is 1.50 bits per heavy atom. The molecular formula is C26H21N5O. The first-order valence-corrected chi connectivity index (χ1v) is 10.3. The normalized spacial score (nSPS) is 14.6. The van der Waals surface area contributed by atoms with Crippen molar-refractivity contribution in [2.45, 2.75) is 6.92 Å². The largest absolute Gasteiger partial charge is 0.288 e. The molecule has 4 aromatic rings. The average molecular weight is 419 g/mol. The fourth-order valence-corrected chi connectivity index (χ4v) is 3.50. The van der Waals surface area contributed by atoms with Crippen LogP contribution < -0.4 is 10.9 Å². The molecule has 0 atom stereocenters. The number of aryl methyl sites for hydroxylation is 1. The van der Waals surface area contributed by atoms with E-state index < -0.39 is 0 Å². The van der Waals surface area contributed by atoms with Gasteiger partial charge < -0.3 is 0 Å². The van der Waals surface area contributed by atoms with E-state index in [0.717, 1.165) is 33.6 Å². The Balaban J connectivity index is 1.61. The number of para-hydroxylation sites is 1. The van der Waals surface area contributed by atoms with Crippen molar-refractivity contribution in [2.24, 2.45) is 4.99 Å². The molecule has 1 aliphatic rings. The molecule has 2 heterocycles. The van der Waals surface area contributed by atoms with E-state index in [0.29, 0.717) is 11.5 Å². The van der Waals surface area contributed by atoms with Crippen molar-refractivity contribution in [1.29, 1.82) is 0 Å². The van der Waals surface area contributed by atoms with Crippen LogP contribution >= 0.6 is 0 Å². The number of hydrogen-bond donors (Lipinski definition) is 2. The number of carbonyl (C=O) groups is 1. The quantitative estimate of drug-likeness (QED) is 0.485. The molecule has 2 N–H and O–H groups in total. The van der Waals surface area contributed by atoms with Gasteiger partial charge in [0.2, 0.25) is 0 Å². The molecule has 3 aromatic carbocycles. The third-order valence-electron chi connectivity index (χ3n) is 5.19. The van der Waals surface area contributed by atoms with Crippen molar-refractivity contribution in [3.05, 3.63) is 114 Å². The topological polar surface area (TPSA) is 71.3 Å². The van der Waals surface area contributed by atoms with E-state index in [1.54, 1.807) is 6.08 Å². The van der Waals surface area contributed by atoms with Gasteiger partial charge in [-0.15, -0.1) is 0 Å². The highest BCUT2D eigenvalue weighted by atomic mass is 16.2. The van der Waals surface area contributed by atoms with Crippen LogP contribution in [0.25, 0.3) is 23.0 Å². The first-order chi connectivity index (χ1) is 15.7. The summed E-state index contributed by atoms with van der Waals surface area (Å²) in [5, 5.41) is 4.80. The van der Waals surface area contributed by atoms with Gasteiger partial charge in [-0.05, 0) is 25.1 Å². The number of benzene rings is 3. The van der Waals surface area contributed by atoms with Crippen molar-refractivity contribution in [1.82, 2.24) is 20.6 Å². The van der Waals surface area contributed by atoms with Crippen LogP contribution in [0.4, 0.5) is 0 Å². The van der Waals surface area contributed by atoms with Crippen LogP contribution in [-0.2, 0) is 4.79 Å². The van der Waals surface area contributed by atoms with E-state index in [2.05, 4.69) is 15.8 Å². The second kappa shape index (κ2) is 8.35. The van der Waals surface area contributed by atoms with E-state index in [-0.39, 0.29) is 5.91 Å². The molecule has 6 nitrogen and oxygen atoms in total. The monoisotopic (exact) mass is 419 g/mol. The van der Waals surface area contributed by atoms with Crippen LogP contribution in [0.1, 0.15) is 16.7 Å². The maximum Gasteiger partial charge on any atom is 0.288 e. The van der Waals surface area contributed by atoms with Gasteiger partial charge in [0.05, 0.1) is 5.69 Å². The highest BCUT2D eigenvalue weighted by Gasteiger charge is 2.19. The minimum atomic E-state index is -0.299. The maximum atomic E-state index is 12.6. The van der Waals surface area contributed by atoms with E-state index in [1.165, 1.54) is 0 Å². The minimum Gasteiger partial charge on any atom is -0.281 e. The molecule has 0 aliphatic carbocycles. The van der Waals surface area contributed by atoms with Crippen molar-refractivity contribution in [3.63, 3.8) is 0 Å². The highest BCUT2D eigenvalue weighted by molar-refractivity contribution is 6.09. The third-order valence-corrected chi connectivity index (χ3v) is 5.19. The Morgan fingerprint density at radius 3 is 2.22 bits per heavy atom. The molecule has 0 fully saturated rings. The van der Waals surface area contributed by atoms with Gasteiger partial charge in [0.15, 0.2) is 5.84 Å². The molecule has 1 aliphatic heterocycles. The van der Waals surface area contributed by atoms with Crippen LogP contribution in [-0.4, -0.2) is 21.5 Å². The number of aliphatic imine (C=N–C) groups is 1. The van der Waals surface area contributed by atoms with Crippen LogP contribution in [0.15, 0.2) is 102 Å². The molecule has 0 spiro atoms. The number of amides is 1. The zero-order valence-corrected chi connectivity index (χ0v) is 17.5. The maximum absolute atomic E-state index is 12.6. The fraction of sp³-hybridized carbons (Fsp3) is 0.0385. The lowest BCUT2D eigenvalue weighted by Crippen LogP contribution is -2.46. The number of rotatable bonds is 4. The molecule has 0 radical (unpaired) electrons. The number of nitrogens with zero attached hydrogens (tertiary/aromatic N) is 3. The first-order valence-electron chi connectivity index (χ1n) is 10.3. The van der Waals surface area contributed by atoms with Crippen molar-refractivity contribution < 1.29 is 4.79 Å². The molecule has 0 unspecified atom stereocenters. The van der Waals surface area contributed by atoms with Crippen molar-refractivity contribution in [2.75, 3.05) is 0 Å². The van der Waals surface area contributed by atoms with Gasteiger partial charge in [-0.1, -0.05) is 78.4 Å². The average Bonchev–Trinajstić information content (AvgIpc) is 3.26. The number of aromatic nitrogens is 2. The summed E-state index contributed by atoms with van der Waals surface area (Å²) >= 11 is 0. The Bertz CT molecular complexity index is 1320. The van der Waals surface area contributed by atoms with E-state index in [4.69, 9.17) is 5.10 Å². The molecular weight excluding hydrogens is 398 g/mol. The zero-order valence-electron chi connectivity index (χ0n) is 17.5. The summed E-state index contributed by atoms with van der Waals surface area (Å²) in [6.07, 6.45) is 3.69. The molecule has 0 saturated carbocycles. The van der Waals surface area contributed by atoms with E-state index in [9.17, 15) is 4.79 Å². The molecule has 156 valence electrons. The summed E-state index contributed by atoms with van der Waals surface area (Å²) in [5.74, 6) is 0.292. The van der Waals surface area contributed by atoms with Crippen LogP contribution in [0.2, 0.25) is 0 Å². The molecule has 0 saturated heterocycles. The van der Waals surface area contributed by atoms with E-state index in [1.807, 2.05) is 103 Å². The van der Waals surface area contributed by atoms with E-state index >= 15 is 0 Å². The molecule has 0 bridgehead atoms. The van der Waals surface area contributed by atoms with Crippen molar-refractivity contribution >= 4 is 17.8 Å². The lowest BCUT2D eigenvalue weighted by Gasteiger charge is -2.17. The smallest absolute Gasteiger partial charge is 0.281 e. The Hall–Kier alpha value is -4.45. The van der Waals surface area contributed by atoms with Crippen molar-refractivity contribution in [3.8, 4) is 16.9 Å². The van der Waals surface area contributed by atoms with Gasteiger partial charge in [0.25, 0.3) is 5.91 Å². The van der Waals surface area contributed by atoms with Gasteiger partial charge in [0, 0.05) is 22.9 Å². The number of carbonyl (C=O) groups excluding carboxylic acids is 1.